The normalized spacial score (nSPS) is 15.4. The number of hydrogen-bond acceptors (Lipinski definition) is 4. The summed E-state index contributed by atoms with van der Waals surface area (Å²) >= 11 is 0. The number of amides is 1. The lowest BCUT2D eigenvalue weighted by atomic mass is 10.1. The Bertz CT molecular complexity index is 738. The van der Waals surface area contributed by atoms with Gasteiger partial charge in [0.05, 0.1) is 5.56 Å². The highest BCUT2D eigenvalue weighted by Gasteiger charge is 2.30. The molecule has 25 heavy (non-hydrogen) atoms. The summed E-state index contributed by atoms with van der Waals surface area (Å²) < 4.78 is 5.55. The Morgan fingerprint density at radius 3 is 2.36 bits per heavy atom. The fourth-order valence-electron chi connectivity index (χ4n) is 2.98. The first-order valence-corrected chi connectivity index (χ1v) is 8.49. The molecule has 1 N–H and O–H groups in total. The lowest BCUT2D eigenvalue weighted by Gasteiger charge is -2.30. The molecular formula is C20H21NO4. The lowest BCUT2D eigenvalue weighted by Crippen LogP contribution is -2.40. The van der Waals surface area contributed by atoms with Crippen LogP contribution in [0.15, 0.2) is 54.6 Å². The van der Waals surface area contributed by atoms with Gasteiger partial charge in [-0.25, -0.2) is 4.79 Å². The number of benzene rings is 2. The van der Waals surface area contributed by atoms with Crippen LogP contribution >= 0.6 is 0 Å². The highest BCUT2D eigenvalue weighted by molar-refractivity contribution is 5.93. The summed E-state index contributed by atoms with van der Waals surface area (Å²) in [6, 6.07) is 15.0. The van der Waals surface area contributed by atoms with Crippen LogP contribution in [0.5, 0.6) is 5.75 Å². The van der Waals surface area contributed by atoms with Crippen LogP contribution in [0.25, 0.3) is 0 Å². The Hall–Kier alpha value is -2.82. The van der Waals surface area contributed by atoms with Crippen LogP contribution in [0.3, 0.4) is 0 Å². The zero-order valence-electron chi connectivity index (χ0n) is 13.9. The van der Waals surface area contributed by atoms with Crippen molar-refractivity contribution in [2.45, 2.75) is 25.4 Å². The van der Waals surface area contributed by atoms with Crippen molar-refractivity contribution in [1.29, 1.82) is 0 Å². The molecule has 0 spiro atoms. The molecule has 0 aromatic heterocycles. The van der Waals surface area contributed by atoms with Crippen molar-refractivity contribution < 1.29 is 19.4 Å². The van der Waals surface area contributed by atoms with E-state index in [1.807, 2.05) is 18.2 Å². The van der Waals surface area contributed by atoms with Crippen LogP contribution in [-0.4, -0.2) is 35.0 Å². The number of phenolic OH excluding ortho intramolecular Hbond substituents is 1. The van der Waals surface area contributed by atoms with E-state index in [1.165, 1.54) is 12.1 Å². The molecule has 0 unspecified atom stereocenters. The third-order valence-corrected chi connectivity index (χ3v) is 4.30. The molecular weight excluding hydrogens is 318 g/mol. The SMILES string of the molecule is O=C(O[C@H](C(=O)N1CCCCC1)c1ccccc1)c1cccc(O)c1. The van der Waals surface area contributed by atoms with Crippen molar-refractivity contribution >= 4 is 11.9 Å². The summed E-state index contributed by atoms with van der Waals surface area (Å²) in [5.41, 5.74) is 0.860. The van der Waals surface area contributed by atoms with Gasteiger partial charge in [-0.2, -0.15) is 0 Å². The molecule has 1 amide bonds. The number of rotatable bonds is 4. The zero-order chi connectivity index (χ0) is 17.6. The third-order valence-electron chi connectivity index (χ3n) is 4.30. The summed E-state index contributed by atoms with van der Waals surface area (Å²) in [6.07, 6.45) is 2.07. The molecule has 3 rings (SSSR count). The number of nitrogens with zero attached hydrogens (tertiary/aromatic N) is 1. The first-order chi connectivity index (χ1) is 12.1. The van der Waals surface area contributed by atoms with E-state index in [1.54, 1.807) is 29.2 Å². The maximum atomic E-state index is 12.9. The monoisotopic (exact) mass is 339 g/mol. The van der Waals surface area contributed by atoms with E-state index in [9.17, 15) is 14.7 Å². The van der Waals surface area contributed by atoms with Crippen molar-refractivity contribution in [3.05, 3.63) is 65.7 Å². The molecule has 1 aliphatic heterocycles. The van der Waals surface area contributed by atoms with Crippen molar-refractivity contribution in [2.24, 2.45) is 0 Å². The Kier molecular flexibility index (Phi) is 5.33. The molecule has 0 aliphatic carbocycles. The van der Waals surface area contributed by atoms with Crippen LogP contribution < -0.4 is 0 Å². The van der Waals surface area contributed by atoms with E-state index in [-0.39, 0.29) is 17.2 Å². The molecule has 1 heterocycles. The molecule has 0 saturated carbocycles. The van der Waals surface area contributed by atoms with Crippen molar-refractivity contribution in [1.82, 2.24) is 4.90 Å². The average molecular weight is 339 g/mol. The van der Waals surface area contributed by atoms with Crippen LogP contribution in [0, 0.1) is 0 Å². The summed E-state index contributed by atoms with van der Waals surface area (Å²) in [5, 5.41) is 9.54. The van der Waals surface area contributed by atoms with E-state index >= 15 is 0 Å². The van der Waals surface area contributed by atoms with Crippen molar-refractivity contribution in [3.63, 3.8) is 0 Å². The molecule has 1 atom stereocenters. The predicted molar refractivity (Wildman–Crippen MR) is 93.1 cm³/mol. The Morgan fingerprint density at radius 2 is 1.68 bits per heavy atom. The first-order valence-electron chi connectivity index (χ1n) is 8.49. The second kappa shape index (κ2) is 7.83. The maximum Gasteiger partial charge on any atom is 0.339 e. The van der Waals surface area contributed by atoms with E-state index in [2.05, 4.69) is 0 Å². The number of ether oxygens (including phenoxy) is 1. The highest BCUT2D eigenvalue weighted by atomic mass is 16.5. The zero-order valence-corrected chi connectivity index (χ0v) is 13.9. The molecule has 5 nitrogen and oxygen atoms in total. The van der Waals surface area contributed by atoms with E-state index < -0.39 is 12.1 Å². The number of carbonyl (C=O) groups is 2. The van der Waals surface area contributed by atoms with Gasteiger partial charge in [0.15, 0.2) is 0 Å². The van der Waals surface area contributed by atoms with Gasteiger partial charge in [0.25, 0.3) is 5.91 Å². The number of likely N-dealkylation sites (tertiary alicyclic amines) is 1. The van der Waals surface area contributed by atoms with Gasteiger partial charge in [-0.15, -0.1) is 0 Å². The molecule has 0 bridgehead atoms. The summed E-state index contributed by atoms with van der Waals surface area (Å²) in [7, 11) is 0. The predicted octanol–water partition coefficient (Wildman–Crippen LogP) is 3.30. The lowest BCUT2D eigenvalue weighted by molar-refractivity contribution is -0.142. The van der Waals surface area contributed by atoms with Gasteiger partial charge < -0.3 is 14.7 Å². The van der Waals surface area contributed by atoms with Crippen LogP contribution in [0.2, 0.25) is 0 Å². The first kappa shape index (κ1) is 17.0. The van der Waals surface area contributed by atoms with Gasteiger partial charge in [0.1, 0.15) is 5.75 Å². The fourth-order valence-corrected chi connectivity index (χ4v) is 2.98. The summed E-state index contributed by atoms with van der Waals surface area (Å²) in [4.78, 5) is 27.2. The van der Waals surface area contributed by atoms with Gasteiger partial charge in [0.2, 0.25) is 6.10 Å². The minimum atomic E-state index is -0.978. The standard InChI is InChI=1S/C20H21NO4/c22-17-11-7-10-16(14-17)20(24)25-18(15-8-3-1-4-9-15)19(23)21-12-5-2-6-13-21/h1,3-4,7-11,14,18,22H,2,5-6,12-13H2/t18-/m0/s1. The van der Waals surface area contributed by atoms with Crippen LogP contribution in [0.1, 0.15) is 41.3 Å². The third kappa shape index (κ3) is 4.18. The second-order valence-electron chi connectivity index (χ2n) is 6.13. The Labute approximate surface area is 146 Å². The largest absolute Gasteiger partial charge is 0.508 e. The minimum Gasteiger partial charge on any atom is -0.508 e. The van der Waals surface area contributed by atoms with Crippen molar-refractivity contribution in [3.8, 4) is 5.75 Å². The minimum absolute atomic E-state index is 0.0203. The molecule has 130 valence electrons. The average Bonchev–Trinajstić information content (AvgIpc) is 2.67. The number of phenols is 1. The van der Waals surface area contributed by atoms with Gasteiger partial charge in [0, 0.05) is 18.7 Å². The smallest absolute Gasteiger partial charge is 0.339 e. The highest BCUT2D eigenvalue weighted by Crippen LogP contribution is 2.24. The molecule has 1 fully saturated rings. The van der Waals surface area contributed by atoms with E-state index in [0.717, 1.165) is 19.3 Å². The Morgan fingerprint density at radius 1 is 0.960 bits per heavy atom. The van der Waals surface area contributed by atoms with Crippen LogP contribution in [0.4, 0.5) is 0 Å². The number of carbonyl (C=O) groups excluding carboxylic acids is 2. The molecule has 0 radical (unpaired) electrons. The van der Waals surface area contributed by atoms with Gasteiger partial charge in [-0.1, -0.05) is 36.4 Å². The molecule has 2 aromatic rings. The number of piperidine rings is 1. The number of esters is 1. The Balaban J connectivity index is 1.83. The summed E-state index contributed by atoms with van der Waals surface area (Å²) in [5.74, 6) is -0.845. The molecule has 1 aliphatic rings. The molecule has 1 saturated heterocycles. The van der Waals surface area contributed by atoms with Crippen LogP contribution in [-0.2, 0) is 9.53 Å². The van der Waals surface area contributed by atoms with E-state index in [0.29, 0.717) is 18.7 Å². The molecule has 5 heteroatoms. The maximum absolute atomic E-state index is 12.9. The summed E-state index contributed by atoms with van der Waals surface area (Å²) in [6.45, 7) is 1.37. The number of hydrogen-bond donors (Lipinski definition) is 1. The fraction of sp³-hybridized carbons (Fsp3) is 0.300. The van der Waals surface area contributed by atoms with E-state index in [4.69, 9.17) is 4.74 Å². The van der Waals surface area contributed by atoms with Crippen molar-refractivity contribution in [2.75, 3.05) is 13.1 Å². The quantitative estimate of drug-likeness (QED) is 0.868. The van der Waals surface area contributed by atoms with Gasteiger partial charge >= 0.3 is 5.97 Å². The molecule has 2 aromatic carbocycles. The van der Waals surface area contributed by atoms with Gasteiger partial charge in [-0.05, 0) is 37.5 Å². The number of aromatic hydroxyl groups is 1. The second-order valence-corrected chi connectivity index (χ2v) is 6.13. The van der Waals surface area contributed by atoms with Gasteiger partial charge in [-0.3, -0.25) is 4.79 Å². The topological polar surface area (TPSA) is 66.8 Å².